The van der Waals surface area contributed by atoms with E-state index in [2.05, 4.69) is 0 Å². The molecule has 0 aliphatic carbocycles. The summed E-state index contributed by atoms with van der Waals surface area (Å²) >= 11 is 12.6. The summed E-state index contributed by atoms with van der Waals surface area (Å²) in [5.74, 6) is -0.788. The van der Waals surface area contributed by atoms with Crippen molar-refractivity contribution in [2.45, 2.75) is 0 Å². The molecule has 0 bridgehead atoms. The first kappa shape index (κ1) is 17.7. The molecule has 7 heteroatoms. The number of hydrogen-bond acceptors (Lipinski definition) is 4. The van der Waals surface area contributed by atoms with Crippen molar-refractivity contribution in [3.8, 4) is 0 Å². The van der Waals surface area contributed by atoms with Gasteiger partial charge in [0.05, 0.1) is 21.5 Å². The number of halogens is 2. The molecule has 1 aliphatic rings. The summed E-state index contributed by atoms with van der Waals surface area (Å²) in [4.78, 5) is 38.0. The number of carbonyl (C=O) groups is 3. The Hall–Kier alpha value is -2.08. The number of amides is 2. The van der Waals surface area contributed by atoms with E-state index in [4.69, 9.17) is 23.2 Å². The minimum Gasteiger partial charge on any atom is -0.292 e. The van der Waals surface area contributed by atoms with Crippen LogP contribution in [0.1, 0.15) is 15.9 Å². The highest BCUT2D eigenvalue weighted by atomic mass is 35.5. The van der Waals surface area contributed by atoms with Crippen molar-refractivity contribution < 1.29 is 14.4 Å². The van der Waals surface area contributed by atoms with Gasteiger partial charge in [0.1, 0.15) is 0 Å². The third kappa shape index (κ3) is 3.95. The molecule has 4 nitrogen and oxygen atoms in total. The van der Waals surface area contributed by atoms with Gasteiger partial charge in [-0.25, -0.2) is 0 Å². The van der Waals surface area contributed by atoms with Gasteiger partial charge in [0, 0.05) is 5.56 Å². The number of thioether (sulfide) groups is 1. The van der Waals surface area contributed by atoms with Gasteiger partial charge < -0.3 is 0 Å². The van der Waals surface area contributed by atoms with Gasteiger partial charge in [0.15, 0.2) is 5.78 Å². The smallest absolute Gasteiger partial charge is 0.292 e. The van der Waals surface area contributed by atoms with Gasteiger partial charge in [0.2, 0.25) is 0 Å². The van der Waals surface area contributed by atoms with Gasteiger partial charge in [0.25, 0.3) is 11.1 Å². The van der Waals surface area contributed by atoms with Crippen molar-refractivity contribution in [2.24, 2.45) is 0 Å². The molecule has 1 heterocycles. The molecule has 0 spiro atoms. The molecule has 0 atom stereocenters. The Labute approximate surface area is 158 Å². The van der Waals surface area contributed by atoms with E-state index in [1.165, 1.54) is 0 Å². The van der Waals surface area contributed by atoms with Crippen LogP contribution in [-0.2, 0) is 4.79 Å². The van der Waals surface area contributed by atoms with Crippen molar-refractivity contribution in [1.29, 1.82) is 0 Å². The number of rotatable bonds is 4. The maximum atomic E-state index is 12.4. The summed E-state index contributed by atoms with van der Waals surface area (Å²) < 4.78 is 0. The zero-order valence-electron chi connectivity index (χ0n) is 12.7. The van der Waals surface area contributed by atoms with Crippen LogP contribution in [-0.4, -0.2) is 28.4 Å². The fourth-order valence-corrected chi connectivity index (χ4v) is 3.39. The van der Waals surface area contributed by atoms with Crippen molar-refractivity contribution in [1.82, 2.24) is 4.90 Å². The number of Topliss-reactive ketones (excluding diaryl/α,β-unsaturated/α-hetero) is 1. The Bertz CT molecular complexity index is 896. The molecule has 25 heavy (non-hydrogen) atoms. The molecule has 1 fully saturated rings. The number of ketones is 1. The van der Waals surface area contributed by atoms with E-state index in [0.717, 1.165) is 16.7 Å². The third-order valence-corrected chi connectivity index (χ3v) is 5.16. The van der Waals surface area contributed by atoms with E-state index in [1.807, 2.05) is 0 Å². The van der Waals surface area contributed by atoms with E-state index >= 15 is 0 Å². The Morgan fingerprint density at radius 1 is 1.04 bits per heavy atom. The van der Waals surface area contributed by atoms with Crippen LogP contribution >= 0.6 is 35.0 Å². The average molecular weight is 392 g/mol. The van der Waals surface area contributed by atoms with Gasteiger partial charge in [-0.1, -0.05) is 59.6 Å². The Morgan fingerprint density at radius 3 is 2.44 bits per heavy atom. The number of carbonyl (C=O) groups excluding carboxylic acids is 3. The summed E-state index contributed by atoms with van der Waals surface area (Å²) in [5.41, 5.74) is 1.10. The summed E-state index contributed by atoms with van der Waals surface area (Å²) in [6.45, 7) is -0.284. The highest BCUT2D eigenvalue weighted by molar-refractivity contribution is 8.18. The minimum absolute atomic E-state index is 0.240. The minimum atomic E-state index is -0.495. The van der Waals surface area contributed by atoms with Crippen molar-refractivity contribution in [3.05, 3.63) is 74.6 Å². The second-order valence-electron chi connectivity index (χ2n) is 5.23. The molecular formula is C18H11Cl2NO3S. The molecule has 126 valence electrons. The topological polar surface area (TPSA) is 54.5 Å². The second-order valence-corrected chi connectivity index (χ2v) is 7.04. The molecule has 0 aromatic heterocycles. The Kier molecular flexibility index (Phi) is 5.27. The molecule has 0 saturated carbocycles. The zero-order valence-corrected chi connectivity index (χ0v) is 15.1. The van der Waals surface area contributed by atoms with Gasteiger partial charge in [-0.2, -0.15) is 0 Å². The molecule has 0 radical (unpaired) electrons. The number of hydrogen-bond donors (Lipinski definition) is 0. The molecule has 3 rings (SSSR count). The number of benzene rings is 2. The van der Waals surface area contributed by atoms with Crippen LogP contribution in [0.15, 0.2) is 53.4 Å². The van der Waals surface area contributed by atoms with E-state index in [1.54, 1.807) is 54.6 Å². The summed E-state index contributed by atoms with van der Waals surface area (Å²) in [5, 5.41) is 0.287. The second kappa shape index (κ2) is 7.44. The summed E-state index contributed by atoms with van der Waals surface area (Å²) in [6, 6.07) is 13.4. The monoisotopic (exact) mass is 391 g/mol. The Morgan fingerprint density at radius 2 is 1.76 bits per heavy atom. The Balaban J connectivity index is 1.79. The van der Waals surface area contributed by atoms with E-state index in [9.17, 15) is 14.4 Å². The molecule has 0 N–H and O–H groups in total. The van der Waals surface area contributed by atoms with Crippen LogP contribution in [0.4, 0.5) is 4.79 Å². The SMILES string of the molecule is O=C(CN1C(=O)S/C(=C/c2ccc(Cl)c(Cl)c2)C1=O)c1ccccc1. The molecule has 2 amide bonds. The van der Waals surface area contributed by atoms with Crippen LogP contribution in [0.3, 0.4) is 0 Å². The van der Waals surface area contributed by atoms with E-state index in [0.29, 0.717) is 21.2 Å². The van der Waals surface area contributed by atoms with Crippen molar-refractivity contribution in [2.75, 3.05) is 6.54 Å². The average Bonchev–Trinajstić information content (AvgIpc) is 2.86. The van der Waals surface area contributed by atoms with Crippen LogP contribution in [0, 0.1) is 0 Å². The van der Waals surface area contributed by atoms with Gasteiger partial charge in [-0.15, -0.1) is 0 Å². The first-order valence-corrected chi connectivity index (χ1v) is 8.81. The molecule has 0 unspecified atom stereocenters. The third-order valence-electron chi connectivity index (χ3n) is 3.51. The van der Waals surface area contributed by atoms with E-state index in [-0.39, 0.29) is 17.2 Å². The van der Waals surface area contributed by atoms with Crippen LogP contribution in [0.2, 0.25) is 10.0 Å². The fraction of sp³-hybridized carbons (Fsp3) is 0.0556. The lowest BCUT2D eigenvalue weighted by Gasteiger charge is -2.11. The van der Waals surface area contributed by atoms with Crippen LogP contribution in [0.25, 0.3) is 6.08 Å². The maximum absolute atomic E-state index is 12.4. The molecule has 2 aromatic rings. The largest absolute Gasteiger partial charge is 0.293 e. The zero-order chi connectivity index (χ0) is 18.0. The molecule has 2 aromatic carbocycles. The molecule has 1 saturated heterocycles. The lowest BCUT2D eigenvalue weighted by molar-refractivity contribution is -0.122. The number of nitrogens with zero attached hydrogens (tertiary/aromatic N) is 1. The predicted molar refractivity (Wildman–Crippen MR) is 99.9 cm³/mol. The lowest BCUT2D eigenvalue weighted by Crippen LogP contribution is -2.33. The molecular weight excluding hydrogens is 381 g/mol. The molecule has 1 aliphatic heterocycles. The van der Waals surface area contributed by atoms with Gasteiger partial charge >= 0.3 is 0 Å². The van der Waals surface area contributed by atoms with Gasteiger partial charge in [-0.05, 0) is 35.5 Å². The predicted octanol–water partition coefficient (Wildman–Crippen LogP) is 4.91. The maximum Gasteiger partial charge on any atom is 0.293 e. The van der Waals surface area contributed by atoms with Crippen molar-refractivity contribution >= 4 is 58.0 Å². The van der Waals surface area contributed by atoms with Crippen LogP contribution < -0.4 is 0 Å². The standard InChI is InChI=1S/C18H11Cl2NO3S/c19-13-7-6-11(8-14(13)20)9-16-17(23)21(18(24)25-16)10-15(22)12-4-2-1-3-5-12/h1-9H,10H2/b16-9+. The lowest BCUT2D eigenvalue weighted by atomic mass is 10.1. The van der Waals surface area contributed by atoms with Gasteiger partial charge in [-0.3, -0.25) is 19.3 Å². The summed E-state index contributed by atoms with van der Waals surface area (Å²) in [7, 11) is 0. The van der Waals surface area contributed by atoms with Crippen molar-refractivity contribution in [3.63, 3.8) is 0 Å². The van der Waals surface area contributed by atoms with E-state index < -0.39 is 11.1 Å². The first-order chi connectivity index (χ1) is 12.0. The highest BCUT2D eigenvalue weighted by Crippen LogP contribution is 2.33. The fourth-order valence-electron chi connectivity index (χ4n) is 2.25. The van der Waals surface area contributed by atoms with Crippen LogP contribution in [0.5, 0.6) is 0 Å². The highest BCUT2D eigenvalue weighted by Gasteiger charge is 2.36. The normalized spacial score (nSPS) is 15.9. The first-order valence-electron chi connectivity index (χ1n) is 7.24. The quantitative estimate of drug-likeness (QED) is 0.548. The summed E-state index contributed by atoms with van der Waals surface area (Å²) in [6.07, 6.45) is 1.56. The number of imide groups is 1.